The molecule has 0 aliphatic heterocycles. The maximum Gasteiger partial charge on any atom is 0.137 e. The summed E-state index contributed by atoms with van der Waals surface area (Å²) < 4.78 is 7.80. The number of allylic oxidation sites excluding steroid dienone is 1. The molecule has 0 N–H and O–H groups in total. The summed E-state index contributed by atoms with van der Waals surface area (Å²) in [5.74, 6) is 1.82. The van der Waals surface area contributed by atoms with Crippen molar-refractivity contribution in [3.63, 3.8) is 0 Å². The summed E-state index contributed by atoms with van der Waals surface area (Å²) in [5.41, 5.74) is 8.38. The first kappa shape index (κ1) is 17.3. The van der Waals surface area contributed by atoms with Crippen molar-refractivity contribution in [3.05, 3.63) is 88.6 Å². The maximum absolute atomic E-state index is 5.50. The lowest BCUT2D eigenvalue weighted by Crippen LogP contribution is -2.04. The molecule has 0 unspecified atom stereocenters. The standard InChI is InChI=1S/C24H24N2O/c1-16-7-9-20(10-8-16)15-26-23-14-18(3)17(2)13-22(23)25-24(26)19(4)12-21-6-5-11-27-21/h5-14H,15H2,1-4H3/b19-12+. The zero-order chi connectivity index (χ0) is 19.0. The molecule has 3 heteroatoms. The van der Waals surface area contributed by atoms with Crippen LogP contribution in [0, 0.1) is 20.8 Å². The first-order valence-electron chi connectivity index (χ1n) is 9.26. The first-order valence-corrected chi connectivity index (χ1v) is 9.26. The molecule has 0 bridgehead atoms. The lowest BCUT2D eigenvalue weighted by Gasteiger charge is -2.11. The molecule has 4 aromatic rings. The molecular weight excluding hydrogens is 332 g/mol. The van der Waals surface area contributed by atoms with Gasteiger partial charge < -0.3 is 8.98 Å². The van der Waals surface area contributed by atoms with Crippen LogP contribution in [0.15, 0.2) is 59.2 Å². The third-order valence-electron chi connectivity index (χ3n) is 5.08. The Labute approximate surface area is 160 Å². The van der Waals surface area contributed by atoms with Gasteiger partial charge in [-0.3, -0.25) is 0 Å². The van der Waals surface area contributed by atoms with Crippen LogP contribution in [0.2, 0.25) is 0 Å². The highest BCUT2D eigenvalue weighted by Gasteiger charge is 2.14. The molecule has 2 aromatic carbocycles. The van der Waals surface area contributed by atoms with Gasteiger partial charge in [0.2, 0.25) is 0 Å². The molecule has 27 heavy (non-hydrogen) atoms. The summed E-state index contributed by atoms with van der Waals surface area (Å²) in [6.45, 7) is 9.29. The zero-order valence-electron chi connectivity index (χ0n) is 16.3. The van der Waals surface area contributed by atoms with E-state index in [1.54, 1.807) is 6.26 Å². The van der Waals surface area contributed by atoms with Gasteiger partial charge in [-0.05, 0) is 80.3 Å². The molecule has 0 atom stereocenters. The second-order valence-corrected chi connectivity index (χ2v) is 7.28. The van der Waals surface area contributed by atoms with Crippen LogP contribution in [-0.4, -0.2) is 9.55 Å². The first-order chi connectivity index (χ1) is 13.0. The topological polar surface area (TPSA) is 31.0 Å². The lowest BCUT2D eigenvalue weighted by molar-refractivity contribution is 0.557. The van der Waals surface area contributed by atoms with E-state index in [1.807, 2.05) is 18.2 Å². The molecule has 0 aliphatic rings. The molecule has 0 amide bonds. The third-order valence-corrected chi connectivity index (χ3v) is 5.08. The van der Waals surface area contributed by atoms with Gasteiger partial charge in [-0.25, -0.2) is 4.98 Å². The van der Waals surface area contributed by atoms with E-state index in [0.717, 1.165) is 29.2 Å². The highest BCUT2D eigenvalue weighted by Crippen LogP contribution is 2.27. The van der Waals surface area contributed by atoms with E-state index in [9.17, 15) is 0 Å². The second kappa shape index (κ2) is 6.92. The smallest absolute Gasteiger partial charge is 0.137 e. The number of imidazole rings is 1. The monoisotopic (exact) mass is 356 g/mol. The summed E-state index contributed by atoms with van der Waals surface area (Å²) in [6, 6.07) is 17.0. The number of rotatable bonds is 4. The Balaban J connectivity index is 1.87. The van der Waals surface area contributed by atoms with E-state index in [2.05, 4.69) is 68.7 Å². The average Bonchev–Trinajstić information content (AvgIpc) is 3.26. The van der Waals surface area contributed by atoms with Crippen molar-refractivity contribution in [1.82, 2.24) is 9.55 Å². The fraction of sp³-hybridized carbons (Fsp3) is 0.208. The molecule has 0 radical (unpaired) electrons. The van der Waals surface area contributed by atoms with Gasteiger partial charge in [0, 0.05) is 6.54 Å². The van der Waals surface area contributed by atoms with Crippen LogP contribution in [0.25, 0.3) is 22.7 Å². The predicted octanol–water partition coefficient (Wildman–Crippen LogP) is 6.16. The molecule has 0 spiro atoms. The Kier molecular flexibility index (Phi) is 4.44. The van der Waals surface area contributed by atoms with E-state index in [4.69, 9.17) is 9.40 Å². The van der Waals surface area contributed by atoms with Gasteiger partial charge in [0.1, 0.15) is 11.6 Å². The van der Waals surface area contributed by atoms with Crippen LogP contribution in [0.1, 0.15) is 40.8 Å². The van der Waals surface area contributed by atoms with Gasteiger partial charge in [-0.2, -0.15) is 0 Å². The molecule has 0 fully saturated rings. The minimum Gasteiger partial charge on any atom is -0.465 e. The predicted molar refractivity (Wildman–Crippen MR) is 112 cm³/mol. The van der Waals surface area contributed by atoms with Crippen LogP contribution in [-0.2, 0) is 6.54 Å². The van der Waals surface area contributed by atoms with Crippen LogP contribution in [0.3, 0.4) is 0 Å². The Morgan fingerprint density at radius 2 is 1.78 bits per heavy atom. The molecule has 2 heterocycles. The van der Waals surface area contributed by atoms with Gasteiger partial charge in [-0.1, -0.05) is 29.8 Å². The summed E-state index contributed by atoms with van der Waals surface area (Å²) >= 11 is 0. The third kappa shape index (κ3) is 3.45. The summed E-state index contributed by atoms with van der Waals surface area (Å²) in [6.07, 6.45) is 3.74. The molecule has 136 valence electrons. The normalized spacial score (nSPS) is 12.1. The van der Waals surface area contributed by atoms with Crippen LogP contribution in [0.5, 0.6) is 0 Å². The quantitative estimate of drug-likeness (QED) is 0.438. The van der Waals surface area contributed by atoms with Crippen LogP contribution < -0.4 is 0 Å². The molecule has 4 rings (SSSR count). The number of benzene rings is 2. The highest BCUT2D eigenvalue weighted by atomic mass is 16.3. The molecular formula is C24H24N2O. The van der Waals surface area contributed by atoms with Crippen molar-refractivity contribution >= 4 is 22.7 Å². The van der Waals surface area contributed by atoms with Crippen molar-refractivity contribution in [2.45, 2.75) is 34.2 Å². The van der Waals surface area contributed by atoms with Crippen molar-refractivity contribution in [2.75, 3.05) is 0 Å². The Hall–Kier alpha value is -3.07. The lowest BCUT2D eigenvalue weighted by atomic mass is 10.1. The van der Waals surface area contributed by atoms with Gasteiger partial charge in [-0.15, -0.1) is 0 Å². The molecule has 0 saturated carbocycles. The molecule has 3 nitrogen and oxygen atoms in total. The number of aryl methyl sites for hydroxylation is 3. The van der Waals surface area contributed by atoms with Crippen LogP contribution in [0.4, 0.5) is 0 Å². The number of nitrogens with zero attached hydrogens (tertiary/aromatic N) is 2. The highest BCUT2D eigenvalue weighted by molar-refractivity contribution is 5.84. The number of aromatic nitrogens is 2. The van der Waals surface area contributed by atoms with Crippen molar-refractivity contribution in [1.29, 1.82) is 0 Å². The molecule has 2 aromatic heterocycles. The van der Waals surface area contributed by atoms with E-state index < -0.39 is 0 Å². The SMILES string of the molecule is C/C(=C\c1ccco1)c1nc2cc(C)c(C)cc2n1Cc1ccc(C)cc1. The number of hydrogen-bond donors (Lipinski definition) is 0. The van der Waals surface area contributed by atoms with Crippen molar-refractivity contribution in [3.8, 4) is 0 Å². The summed E-state index contributed by atoms with van der Waals surface area (Å²) in [4.78, 5) is 4.96. The number of furan rings is 1. The van der Waals surface area contributed by atoms with E-state index in [1.165, 1.54) is 27.8 Å². The van der Waals surface area contributed by atoms with E-state index in [-0.39, 0.29) is 0 Å². The van der Waals surface area contributed by atoms with Crippen LogP contribution >= 0.6 is 0 Å². The fourth-order valence-electron chi connectivity index (χ4n) is 3.37. The largest absolute Gasteiger partial charge is 0.465 e. The minimum atomic E-state index is 0.790. The Morgan fingerprint density at radius 3 is 2.48 bits per heavy atom. The van der Waals surface area contributed by atoms with Crippen molar-refractivity contribution in [2.24, 2.45) is 0 Å². The van der Waals surface area contributed by atoms with E-state index in [0.29, 0.717) is 0 Å². The summed E-state index contributed by atoms with van der Waals surface area (Å²) in [7, 11) is 0. The van der Waals surface area contributed by atoms with Crippen molar-refractivity contribution < 1.29 is 4.42 Å². The molecule has 0 aliphatic carbocycles. The van der Waals surface area contributed by atoms with Gasteiger partial charge in [0.05, 0.1) is 17.3 Å². The maximum atomic E-state index is 5.50. The zero-order valence-corrected chi connectivity index (χ0v) is 16.3. The van der Waals surface area contributed by atoms with Gasteiger partial charge in [0.15, 0.2) is 0 Å². The minimum absolute atomic E-state index is 0.790. The van der Waals surface area contributed by atoms with Gasteiger partial charge >= 0.3 is 0 Å². The molecule has 0 saturated heterocycles. The number of fused-ring (bicyclic) bond motifs is 1. The summed E-state index contributed by atoms with van der Waals surface area (Å²) in [5, 5.41) is 0. The Morgan fingerprint density at radius 1 is 1.04 bits per heavy atom. The Bertz CT molecular complexity index is 1110. The van der Waals surface area contributed by atoms with E-state index >= 15 is 0 Å². The number of hydrogen-bond acceptors (Lipinski definition) is 2. The second-order valence-electron chi connectivity index (χ2n) is 7.28. The fourth-order valence-corrected chi connectivity index (χ4v) is 3.37. The van der Waals surface area contributed by atoms with Gasteiger partial charge in [0.25, 0.3) is 0 Å². The average molecular weight is 356 g/mol.